The van der Waals surface area contributed by atoms with Crippen molar-refractivity contribution in [3.63, 3.8) is 0 Å². The summed E-state index contributed by atoms with van der Waals surface area (Å²) >= 11 is 0. The monoisotopic (exact) mass is 236 g/mol. The number of aliphatic imine (C=N–C) groups is 1. The van der Waals surface area contributed by atoms with Gasteiger partial charge in [0, 0.05) is 19.5 Å². The van der Waals surface area contributed by atoms with Crippen LogP contribution in [0.5, 0.6) is 0 Å². The highest BCUT2D eigenvalue weighted by molar-refractivity contribution is 5.83. The lowest BCUT2D eigenvalue weighted by Gasteiger charge is -2.26. The van der Waals surface area contributed by atoms with Crippen LogP contribution in [-0.4, -0.2) is 29.9 Å². The van der Waals surface area contributed by atoms with E-state index in [2.05, 4.69) is 37.8 Å². The van der Waals surface area contributed by atoms with Gasteiger partial charge in [-0.25, -0.2) is 0 Å². The molecule has 0 heterocycles. The summed E-state index contributed by atoms with van der Waals surface area (Å²) in [5.74, 6) is 1.29. The molecule has 0 radical (unpaired) electrons. The summed E-state index contributed by atoms with van der Waals surface area (Å²) in [6, 6.07) is 0.588. The second kappa shape index (κ2) is 8.32. The van der Waals surface area contributed by atoms with E-state index in [-0.39, 0.29) is 0 Å². The molecule has 0 aromatic rings. The van der Waals surface area contributed by atoms with Gasteiger partial charge >= 0.3 is 0 Å². The number of hydrogen-bond acceptors (Lipinski definition) is 1. The summed E-state index contributed by atoms with van der Waals surface area (Å²) in [7, 11) is 0. The molecule has 0 spiro atoms. The van der Waals surface area contributed by atoms with Crippen molar-refractivity contribution in [2.45, 2.75) is 65.3 Å². The van der Waals surface area contributed by atoms with Gasteiger partial charge in [-0.1, -0.05) is 31.4 Å². The Morgan fingerprint density at radius 1 is 1.18 bits per heavy atom. The average molecular weight is 236 g/mol. The van der Waals surface area contributed by atoms with Crippen LogP contribution in [0.15, 0.2) is 17.1 Å². The van der Waals surface area contributed by atoms with Gasteiger partial charge in [0.1, 0.15) is 5.84 Å². The van der Waals surface area contributed by atoms with E-state index in [1.54, 1.807) is 0 Å². The third-order valence-corrected chi connectivity index (χ3v) is 3.57. The molecule has 1 aliphatic rings. The molecular weight excluding hydrogens is 208 g/mol. The molecule has 2 heteroatoms. The molecule has 0 amide bonds. The van der Waals surface area contributed by atoms with Gasteiger partial charge in [-0.05, 0) is 33.6 Å². The minimum atomic E-state index is 0.588. The number of hydrogen-bond donors (Lipinski definition) is 0. The maximum Gasteiger partial charge on any atom is 0.103 e. The number of amidine groups is 1. The van der Waals surface area contributed by atoms with Gasteiger partial charge in [-0.15, -0.1) is 0 Å². The van der Waals surface area contributed by atoms with Crippen LogP contribution in [0.25, 0.3) is 0 Å². The van der Waals surface area contributed by atoms with E-state index in [1.807, 2.05) is 0 Å². The van der Waals surface area contributed by atoms with Crippen LogP contribution in [-0.2, 0) is 0 Å². The molecule has 1 fully saturated rings. The average Bonchev–Trinajstić information content (AvgIpc) is 2.38. The lowest BCUT2D eigenvalue weighted by Crippen LogP contribution is -2.31. The molecule has 1 saturated carbocycles. The fraction of sp³-hybridized carbons (Fsp3) is 0.800. The molecule has 2 nitrogen and oxygen atoms in total. The molecule has 0 aromatic heterocycles. The molecule has 1 aliphatic carbocycles. The summed E-state index contributed by atoms with van der Waals surface area (Å²) in [4.78, 5) is 7.40. The summed E-state index contributed by atoms with van der Waals surface area (Å²) < 4.78 is 0. The van der Waals surface area contributed by atoms with Crippen LogP contribution in [0.4, 0.5) is 0 Å². The summed E-state index contributed by atoms with van der Waals surface area (Å²) in [5.41, 5.74) is 0. The Morgan fingerprint density at radius 3 is 2.35 bits per heavy atom. The predicted molar refractivity (Wildman–Crippen MR) is 76.7 cm³/mol. The van der Waals surface area contributed by atoms with E-state index in [9.17, 15) is 0 Å². The first kappa shape index (κ1) is 14.3. The second-order valence-corrected chi connectivity index (χ2v) is 4.78. The topological polar surface area (TPSA) is 15.6 Å². The van der Waals surface area contributed by atoms with Gasteiger partial charge in [0.2, 0.25) is 0 Å². The SMILES string of the molecule is C/C=C/CC(=NC1CCCCC1)N(CC)CC. The third-order valence-electron chi connectivity index (χ3n) is 3.57. The predicted octanol–water partition coefficient (Wildman–Crippen LogP) is 4.03. The molecule has 0 atom stereocenters. The summed E-state index contributed by atoms with van der Waals surface area (Å²) in [6.07, 6.45) is 12.1. The fourth-order valence-corrected chi connectivity index (χ4v) is 2.50. The van der Waals surface area contributed by atoms with E-state index < -0.39 is 0 Å². The first-order valence-corrected chi connectivity index (χ1v) is 7.24. The molecule has 1 rings (SSSR count). The number of allylic oxidation sites excluding steroid dienone is 1. The Bertz CT molecular complexity index is 246. The Kier molecular flexibility index (Phi) is 6.99. The molecule has 0 saturated heterocycles. The molecular formula is C15H28N2. The summed E-state index contributed by atoms with van der Waals surface area (Å²) in [6.45, 7) is 8.66. The molecule has 98 valence electrons. The standard InChI is InChI=1S/C15H28N2/c1-4-7-13-15(17(5-2)6-3)16-14-11-9-8-10-12-14/h4,7,14H,5-6,8-13H2,1-3H3/b7-4+,16-15?. The maximum atomic E-state index is 5.01. The normalized spacial score (nSPS) is 18.9. The first-order chi connectivity index (χ1) is 8.31. The minimum absolute atomic E-state index is 0.588. The zero-order valence-corrected chi connectivity index (χ0v) is 11.8. The lowest BCUT2D eigenvalue weighted by molar-refractivity contribution is 0.419. The van der Waals surface area contributed by atoms with Gasteiger partial charge in [0.15, 0.2) is 0 Å². The first-order valence-electron chi connectivity index (χ1n) is 7.24. The van der Waals surface area contributed by atoms with Crippen LogP contribution in [0, 0.1) is 0 Å². The van der Waals surface area contributed by atoms with Crippen LogP contribution in [0.1, 0.15) is 59.3 Å². The van der Waals surface area contributed by atoms with Crippen LogP contribution in [0.2, 0.25) is 0 Å². The van der Waals surface area contributed by atoms with E-state index in [0.717, 1.165) is 19.5 Å². The number of rotatable bonds is 5. The van der Waals surface area contributed by atoms with Crippen molar-refractivity contribution in [1.29, 1.82) is 0 Å². The highest BCUT2D eigenvalue weighted by Crippen LogP contribution is 2.21. The molecule has 0 bridgehead atoms. The third kappa shape index (κ3) is 4.93. The second-order valence-electron chi connectivity index (χ2n) is 4.78. The van der Waals surface area contributed by atoms with Crippen molar-refractivity contribution >= 4 is 5.84 Å². The van der Waals surface area contributed by atoms with Gasteiger partial charge < -0.3 is 4.90 Å². The van der Waals surface area contributed by atoms with Gasteiger partial charge in [-0.2, -0.15) is 0 Å². The zero-order chi connectivity index (χ0) is 12.5. The van der Waals surface area contributed by atoms with E-state index in [0.29, 0.717) is 6.04 Å². The smallest absolute Gasteiger partial charge is 0.103 e. The van der Waals surface area contributed by atoms with E-state index in [4.69, 9.17) is 4.99 Å². The molecule has 0 unspecified atom stereocenters. The quantitative estimate of drug-likeness (QED) is 0.400. The highest BCUT2D eigenvalue weighted by Gasteiger charge is 2.14. The molecule has 0 N–H and O–H groups in total. The van der Waals surface area contributed by atoms with Crippen LogP contribution in [0.3, 0.4) is 0 Å². The van der Waals surface area contributed by atoms with Gasteiger partial charge in [-0.3, -0.25) is 4.99 Å². The van der Waals surface area contributed by atoms with E-state index in [1.165, 1.54) is 37.9 Å². The zero-order valence-electron chi connectivity index (χ0n) is 11.8. The van der Waals surface area contributed by atoms with Crippen molar-refractivity contribution in [1.82, 2.24) is 4.90 Å². The van der Waals surface area contributed by atoms with Crippen LogP contribution >= 0.6 is 0 Å². The summed E-state index contributed by atoms with van der Waals surface area (Å²) in [5, 5.41) is 0. The van der Waals surface area contributed by atoms with Crippen molar-refractivity contribution in [3.05, 3.63) is 12.2 Å². The maximum absolute atomic E-state index is 5.01. The van der Waals surface area contributed by atoms with Crippen molar-refractivity contribution in [2.75, 3.05) is 13.1 Å². The lowest BCUT2D eigenvalue weighted by atomic mass is 9.96. The Balaban J connectivity index is 2.68. The highest BCUT2D eigenvalue weighted by atomic mass is 15.2. The van der Waals surface area contributed by atoms with Crippen molar-refractivity contribution in [3.8, 4) is 0 Å². The molecule has 0 aromatic carbocycles. The number of nitrogens with zero attached hydrogens (tertiary/aromatic N) is 2. The molecule has 17 heavy (non-hydrogen) atoms. The molecule has 0 aliphatic heterocycles. The van der Waals surface area contributed by atoms with Gasteiger partial charge in [0.05, 0.1) is 6.04 Å². The van der Waals surface area contributed by atoms with Crippen molar-refractivity contribution < 1.29 is 0 Å². The Morgan fingerprint density at radius 2 is 1.82 bits per heavy atom. The van der Waals surface area contributed by atoms with E-state index >= 15 is 0 Å². The van der Waals surface area contributed by atoms with Crippen molar-refractivity contribution in [2.24, 2.45) is 4.99 Å². The van der Waals surface area contributed by atoms with Gasteiger partial charge in [0.25, 0.3) is 0 Å². The Hall–Kier alpha value is -0.790. The largest absolute Gasteiger partial charge is 0.361 e. The fourth-order valence-electron chi connectivity index (χ4n) is 2.50. The Labute approximate surface area is 107 Å². The minimum Gasteiger partial charge on any atom is -0.361 e. The van der Waals surface area contributed by atoms with Crippen LogP contribution < -0.4 is 0 Å².